The van der Waals surface area contributed by atoms with E-state index in [0.29, 0.717) is 10.6 Å². The second kappa shape index (κ2) is 2.69. The van der Waals surface area contributed by atoms with Crippen LogP contribution >= 0.6 is 0 Å². The molecule has 0 unspecified atom stereocenters. The van der Waals surface area contributed by atoms with Crippen molar-refractivity contribution in [2.75, 3.05) is 0 Å². The molecule has 0 amide bonds. The van der Waals surface area contributed by atoms with Gasteiger partial charge < -0.3 is 4.42 Å². The summed E-state index contributed by atoms with van der Waals surface area (Å²) in [5.41, 5.74) is 0.402. The molecule has 54 valence electrons. The second-order valence-electron chi connectivity index (χ2n) is 2.03. The molecular weight excluding hydrogens is 131 g/mol. The lowest BCUT2D eigenvalue weighted by Crippen LogP contribution is -2.20. The lowest BCUT2D eigenvalue weighted by molar-refractivity contribution is 0.511. The van der Waals surface area contributed by atoms with Crippen LogP contribution in [0.1, 0.15) is 13.3 Å². The first-order valence-corrected chi connectivity index (χ1v) is 3.18. The molecular formula is C8H9FO. The van der Waals surface area contributed by atoms with Crippen molar-refractivity contribution in [2.45, 2.75) is 13.3 Å². The van der Waals surface area contributed by atoms with Crippen LogP contribution in [0.3, 0.4) is 0 Å². The summed E-state index contributed by atoms with van der Waals surface area (Å²) < 4.78 is 17.4. The third kappa shape index (κ3) is 1.10. The Morgan fingerprint density at radius 3 is 2.90 bits per heavy atom. The van der Waals surface area contributed by atoms with E-state index in [4.69, 9.17) is 4.42 Å². The average molecular weight is 140 g/mol. The average Bonchev–Trinajstić information content (AvgIpc) is 2.20. The van der Waals surface area contributed by atoms with Crippen molar-refractivity contribution in [1.82, 2.24) is 0 Å². The molecule has 1 aromatic heterocycles. The largest absolute Gasteiger partial charge is 0.462 e. The molecule has 1 rings (SSSR count). The minimum atomic E-state index is -0.327. The van der Waals surface area contributed by atoms with E-state index in [1.54, 1.807) is 6.08 Å². The molecule has 0 aliphatic heterocycles. The highest BCUT2D eigenvalue weighted by Gasteiger charge is 1.95. The molecule has 0 fully saturated rings. The summed E-state index contributed by atoms with van der Waals surface area (Å²) >= 11 is 0. The molecule has 0 spiro atoms. The highest BCUT2D eigenvalue weighted by Crippen LogP contribution is 1.84. The van der Waals surface area contributed by atoms with Crippen LogP contribution in [0.4, 0.5) is 4.39 Å². The molecule has 0 aliphatic carbocycles. The highest BCUT2D eigenvalue weighted by atomic mass is 19.1. The molecule has 0 bridgehead atoms. The summed E-state index contributed by atoms with van der Waals surface area (Å²) in [4.78, 5) is 0. The molecule has 0 aromatic carbocycles. The molecule has 0 radical (unpaired) electrons. The van der Waals surface area contributed by atoms with Gasteiger partial charge in [-0.1, -0.05) is 19.6 Å². The summed E-state index contributed by atoms with van der Waals surface area (Å²) in [6.07, 6.45) is 3.62. The smallest absolute Gasteiger partial charge is 0.168 e. The maximum absolute atomic E-state index is 12.6. The fraction of sp³-hybridized carbons (Fsp3) is 0.250. The minimum absolute atomic E-state index is 0.327. The zero-order chi connectivity index (χ0) is 7.56. The Labute approximate surface area is 58.5 Å². The molecule has 0 N–H and O–H groups in total. The summed E-state index contributed by atoms with van der Waals surface area (Å²) in [7, 11) is 0. The van der Waals surface area contributed by atoms with Crippen LogP contribution in [0.5, 0.6) is 0 Å². The molecule has 10 heavy (non-hydrogen) atoms. The van der Waals surface area contributed by atoms with E-state index in [0.717, 1.165) is 12.7 Å². The van der Waals surface area contributed by atoms with Gasteiger partial charge in [-0.15, -0.1) is 0 Å². The minimum Gasteiger partial charge on any atom is -0.462 e. The van der Waals surface area contributed by atoms with E-state index in [1.165, 1.54) is 0 Å². The van der Waals surface area contributed by atoms with Gasteiger partial charge in [0, 0.05) is 0 Å². The Morgan fingerprint density at radius 1 is 1.80 bits per heavy atom. The lowest BCUT2D eigenvalue weighted by Gasteiger charge is -1.75. The Morgan fingerprint density at radius 2 is 2.50 bits per heavy atom. The van der Waals surface area contributed by atoms with Crippen molar-refractivity contribution < 1.29 is 8.81 Å². The Balaban J connectivity index is 3.37. The maximum atomic E-state index is 12.6. The monoisotopic (exact) mass is 140 g/mol. The van der Waals surface area contributed by atoms with Gasteiger partial charge in [0.05, 0.1) is 5.22 Å². The van der Waals surface area contributed by atoms with Crippen molar-refractivity contribution >= 4 is 12.7 Å². The van der Waals surface area contributed by atoms with Gasteiger partial charge in [0.15, 0.2) is 5.82 Å². The fourth-order valence-electron chi connectivity index (χ4n) is 0.798. The molecule has 1 nitrogen and oxygen atoms in total. The summed E-state index contributed by atoms with van der Waals surface area (Å²) in [5.74, 6) is -0.327. The molecule has 1 aromatic rings. The van der Waals surface area contributed by atoms with E-state index in [9.17, 15) is 4.39 Å². The zero-order valence-corrected chi connectivity index (χ0v) is 5.86. The van der Waals surface area contributed by atoms with Crippen LogP contribution in [0.2, 0.25) is 0 Å². The van der Waals surface area contributed by atoms with E-state index in [-0.39, 0.29) is 5.82 Å². The first-order chi connectivity index (χ1) is 4.75. The van der Waals surface area contributed by atoms with Crippen LogP contribution in [0.25, 0.3) is 12.7 Å². The standard InChI is InChI=1S/C8H9FO/c1-3-4-7-6(2)10-5-8(7)9/h4-5H,2-3H2,1H3/b7-4+. The second-order valence-corrected chi connectivity index (χ2v) is 2.03. The van der Waals surface area contributed by atoms with Gasteiger partial charge in [0.1, 0.15) is 11.7 Å². The van der Waals surface area contributed by atoms with Crippen molar-refractivity contribution in [3.63, 3.8) is 0 Å². The maximum Gasteiger partial charge on any atom is 0.168 e. The zero-order valence-electron chi connectivity index (χ0n) is 5.86. The molecule has 1 heterocycles. The fourth-order valence-corrected chi connectivity index (χ4v) is 0.798. The lowest BCUT2D eigenvalue weighted by atomic mass is 10.3. The van der Waals surface area contributed by atoms with Crippen molar-refractivity contribution in [3.05, 3.63) is 22.7 Å². The van der Waals surface area contributed by atoms with Gasteiger partial charge in [-0.05, 0) is 6.42 Å². The number of rotatable bonds is 1. The Hall–Kier alpha value is -1.05. The van der Waals surface area contributed by atoms with E-state index in [2.05, 4.69) is 6.58 Å². The normalized spacial score (nSPS) is 12.4. The SMILES string of the molecule is C=c1occ(F)/c1=C/CC. The first-order valence-electron chi connectivity index (χ1n) is 3.18. The third-order valence-electron chi connectivity index (χ3n) is 1.27. The van der Waals surface area contributed by atoms with E-state index in [1.807, 2.05) is 6.92 Å². The number of hydrogen-bond donors (Lipinski definition) is 0. The predicted octanol–water partition coefficient (Wildman–Crippen LogP) is 1.02. The van der Waals surface area contributed by atoms with Gasteiger partial charge in [-0.3, -0.25) is 0 Å². The van der Waals surface area contributed by atoms with Crippen molar-refractivity contribution in [1.29, 1.82) is 0 Å². The summed E-state index contributed by atoms with van der Waals surface area (Å²) in [5, 5.41) is 0.488. The summed E-state index contributed by atoms with van der Waals surface area (Å²) in [6, 6.07) is 0. The van der Waals surface area contributed by atoms with Crippen LogP contribution in [0.15, 0.2) is 10.7 Å². The first kappa shape index (κ1) is 7.06. The van der Waals surface area contributed by atoms with Gasteiger partial charge in [-0.2, -0.15) is 0 Å². The topological polar surface area (TPSA) is 13.1 Å². The van der Waals surface area contributed by atoms with Crippen LogP contribution in [-0.4, -0.2) is 0 Å². The predicted molar refractivity (Wildman–Crippen MR) is 38.2 cm³/mol. The third-order valence-corrected chi connectivity index (χ3v) is 1.27. The van der Waals surface area contributed by atoms with E-state index < -0.39 is 0 Å². The van der Waals surface area contributed by atoms with Gasteiger partial charge in [0.2, 0.25) is 0 Å². The number of furan rings is 1. The van der Waals surface area contributed by atoms with Gasteiger partial charge >= 0.3 is 0 Å². The number of hydrogen-bond acceptors (Lipinski definition) is 1. The molecule has 0 saturated heterocycles. The van der Waals surface area contributed by atoms with Crippen LogP contribution < -0.4 is 10.6 Å². The van der Waals surface area contributed by atoms with Crippen LogP contribution in [0, 0.1) is 5.82 Å². The molecule has 0 aliphatic rings. The molecule has 0 saturated carbocycles. The highest BCUT2D eigenvalue weighted by molar-refractivity contribution is 5.22. The summed E-state index contributed by atoms with van der Waals surface area (Å²) in [6.45, 7) is 5.46. The Bertz CT molecular complexity index is 310. The van der Waals surface area contributed by atoms with E-state index >= 15 is 0 Å². The molecule has 2 heteroatoms. The van der Waals surface area contributed by atoms with Crippen molar-refractivity contribution in [3.8, 4) is 0 Å². The van der Waals surface area contributed by atoms with Gasteiger partial charge in [0.25, 0.3) is 0 Å². The molecule has 0 atom stereocenters. The Kier molecular flexibility index (Phi) is 1.90. The van der Waals surface area contributed by atoms with Gasteiger partial charge in [-0.25, -0.2) is 4.39 Å². The quantitative estimate of drug-likeness (QED) is 0.567. The number of halogens is 1. The van der Waals surface area contributed by atoms with Crippen molar-refractivity contribution in [2.24, 2.45) is 0 Å². The van der Waals surface area contributed by atoms with Crippen LogP contribution in [-0.2, 0) is 0 Å².